The molecule has 3 aromatic rings. The van der Waals surface area contributed by atoms with Crippen molar-refractivity contribution in [3.05, 3.63) is 94.5 Å². The summed E-state index contributed by atoms with van der Waals surface area (Å²) in [5.74, 6) is -2.63. The molecule has 0 spiro atoms. The zero-order valence-corrected chi connectivity index (χ0v) is 21.0. The number of hydrogen-bond donors (Lipinski definition) is 3. The molecule has 37 heavy (non-hydrogen) atoms. The predicted molar refractivity (Wildman–Crippen MR) is 142 cm³/mol. The second kappa shape index (κ2) is 12.0. The summed E-state index contributed by atoms with van der Waals surface area (Å²) in [6.07, 6.45) is 1.44. The first kappa shape index (κ1) is 26.4. The summed E-state index contributed by atoms with van der Waals surface area (Å²) in [4.78, 5) is 37.9. The molecule has 4 rings (SSSR count). The van der Waals surface area contributed by atoms with Crippen molar-refractivity contribution in [1.82, 2.24) is 10.2 Å². The molecule has 1 saturated heterocycles. The van der Waals surface area contributed by atoms with Crippen molar-refractivity contribution in [3.63, 3.8) is 0 Å². The van der Waals surface area contributed by atoms with Gasteiger partial charge in [-0.15, -0.1) is 0 Å². The molecule has 0 radical (unpaired) electrons. The number of hydrogen-bond acceptors (Lipinski definition) is 4. The number of nitrogens with one attached hydrogen (secondary N) is 1. The normalized spacial score (nSPS) is 15.2. The fourth-order valence-corrected chi connectivity index (χ4v) is 4.88. The van der Waals surface area contributed by atoms with Gasteiger partial charge in [-0.25, -0.2) is 4.79 Å². The van der Waals surface area contributed by atoms with E-state index >= 15 is 0 Å². The Morgan fingerprint density at radius 3 is 2.22 bits per heavy atom. The lowest BCUT2D eigenvalue weighted by Crippen LogP contribution is -2.42. The fraction of sp³-hybridized carbons (Fsp3) is 0.276. The Balaban J connectivity index is 1.43. The van der Waals surface area contributed by atoms with Crippen LogP contribution in [-0.2, 0) is 22.6 Å². The number of nitrogens with zero attached hydrogens (tertiary/aromatic N) is 1. The van der Waals surface area contributed by atoms with Crippen LogP contribution in [0.25, 0.3) is 11.1 Å². The van der Waals surface area contributed by atoms with Gasteiger partial charge in [-0.3, -0.25) is 14.5 Å². The lowest BCUT2D eigenvalue weighted by Gasteiger charge is -2.30. The van der Waals surface area contributed by atoms with E-state index in [2.05, 4.69) is 22.3 Å². The monoisotopic (exact) mass is 520 g/mol. The smallest absolute Gasteiger partial charge is 0.326 e. The Hall–Kier alpha value is -3.68. The minimum Gasteiger partial charge on any atom is -0.481 e. The molecule has 0 bridgehead atoms. The van der Waals surface area contributed by atoms with E-state index in [0.717, 1.165) is 41.9 Å². The maximum atomic E-state index is 12.6. The van der Waals surface area contributed by atoms with Gasteiger partial charge in [0.25, 0.3) is 5.91 Å². The van der Waals surface area contributed by atoms with E-state index in [0.29, 0.717) is 12.8 Å². The quantitative estimate of drug-likeness (QED) is 0.376. The van der Waals surface area contributed by atoms with E-state index in [-0.39, 0.29) is 22.9 Å². The Kier molecular flexibility index (Phi) is 8.58. The molecule has 1 aliphatic heterocycles. The number of carbonyl (C=O) groups excluding carboxylic acids is 1. The summed E-state index contributed by atoms with van der Waals surface area (Å²) >= 11 is 6.08. The molecule has 0 saturated carbocycles. The molecule has 1 amide bonds. The lowest BCUT2D eigenvalue weighted by atomic mass is 9.94. The summed E-state index contributed by atoms with van der Waals surface area (Å²) in [5.41, 5.74) is 4.25. The topological polar surface area (TPSA) is 107 Å². The second-order valence-electron chi connectivity index (χ2n) is 9.29. The maximum Gasteiger partial charge on any atom is 0.326 e. The summed E-state index contributed by atoms with van der Waals surface area (Å²) < 4.78 is 0. The van der Waals surface area contributed by atoms with Crippen LogP contribution >= 0.6 is 11.6 Å². The average Bonchev–Trinajstić information content (AvgIpc) is 2.89. The Bertz CT molecular complexity index is 1270. The van der Waals surface area contributed by atoms with Crippen LogP contribution in [0.1, 0.15) is 34.3 Å². The summed E-state index contributed by atoms with van der Waals surface area (Å²) in [6, 6.07) is 21.2. The van der Waals surface area contributed by atoms with Crippen molar-refractivity contribution in [3.8, 4) is 11.1 Å². The number of aliphatic carboxylic acids is 2. The van der Waals surface area contributed by atoms with E-state index in [1.807, 2.05) is 36.4 Å². The van der Waals surface area contributed by atoms with Crippen LogP contribution in [0.2, 0.25) is 5.02 Å². The minimum absolute atomic E-state index is 0.131. The van der Waals surface area contributed by atoms with E-state index in [1.165, 1.54) is 0 Å². The largest absolute Gasteiger partial charge is 0.481 e. The number of piperidine rings is 1. The SMILES string of the molecule is O=C(N[C@@H](Cc1ccc(-c2ccccc2CN2CCC(C(=O)O)CC2)cc1)C(=O)O)c1ccccc1Cl. The number of carboxylic acid groups (broad SMARTS) is 2. The van der Waals surface area contributed by atoms with Crippen molar-refractivity contribution in [2.24, 2.45) is 5.92 Å². The molecule has 3 N–H and O–H groups in total. The molecule has 1 atom stereocenters. The number of halogens is 1. The van der Waals surface area contributed by atoms with Crippen molar-refractivity contribution in [2.45, 2.75) is 31.8 Å². The highest BCUT2D eigenvalue weighted by molar-refractivity contribution is 6.33. The molecular formula is C29H29ClN2O5. The molecular weight excluding hydrogens is 492 g/mol. The number of carbonyl (C=O) groups is 3. The standard InChI is InChI=1S/C29H29ClN2O5/c30-25-8-4-3-7-24(25)27(33)31-26(29(36)37)17-19-9-11-20(12-10-19)23-6-2-1-5-22(23)18-32-15-13-21(14-16-32)28(34)35/h1-12,21,26H,13-18H2,(H,31,33)(H,34,35)(H,36,37)/t26-/m0/s1. The highest BCUT2D eigenvalue weighted by Crippen LogP contribution is 2.27. The van der Waals surface area contributed by atoms with Gasteiger partial charge in [-0.05, 0) is 60.3 Å². The predicted octanol–water partition coefficient (Wildman–Crippen LogP) is 4.73. The van der Waals surface area contributed by atoms with Crippen molar-refractivity contribution >= 4 is 29.4 Å². The first-order chi connectivity index (χ1) is 17.8. The Morgan fingerprint density at radius 1 is 0.919 bits per heavy atom. The van der Waals surface area contributed by atoms with Gasteiger partial charge in [0, 0.05) is 13.0 Å². The number of amides is 1. The first-order valence-electron chi connectivity index (χ1n) is 12.2. The van der Waals surface area contributed by atoms with Gasteiger partial charge in [0.2, 0.25) is 0 Å². The molecule has 3 aromatic carbocycles. The highest BCUT2D eigenvalue weighted by Gasteiger charge is 2.25. The summed E-state index contributed by atoms with van der Waals surface area (Å²) in [7, 11) is 0. The Labute approximate surface area is 220 Å². The van der Waals surface area contributed by atoms with Crippen LogP contribution in [0.4, 0.5) is 0 Å². The third-order valence-corrected chi connectivity index (χ3v) is 7.10. The van der Waals surface area contributed by atoms with Gasteiger partial charge in [0.05, 0.1) is 16.5 Å². The van der Waals surface area contributed by atoms with Crippen LogP contribution in [0.15, 0.2) is 72.8 Å². The van der Waals surface area contributed by atoms with Gasteiger partial charge in [0.15, 0.2) is 0 Å². The molecule has 8 heteroatoms. The minimum atomic E-state index is -1.12. The van der Waals surface area contributed by atoms with Gasteiger partial charge in [-0.2, -0.15) is 0 Å². The number of likely N-dealkylation sites (tertiary alicyclic amines) is 1. The molecule has 1 fully saturated rings. The number of benzene rings is 3. The molecule has 192 valence electrons. The molecule has 1 aliphatic rings. The third kappa shape index (κ3) is 6.76. The van der Waals surface area contributed by atoms with Crippen molar-refractivity contribution in [2.75, 3.05) is 13.1 Å². The van der Waals surface area contributed by atoms with Crippen LogP contribution in [0, 0.1) is 5.92 Å². The zero-order valence-electron chi connectivity index (χ0n) is 20.3. The van der Waals surface area contributed by atoms with Gasteiger partial charge >= 0.3 is 11.9 Å². The fourth-order valence-electron chi connectivity index (χ4n) is 4.66. The van der Waals surface area contributed by atoms with Crippen LogP contribution in [0.5, 0.6) is 0 Å². The van der Waals surface area contributed by atoms with E-state index < -0.39 is 23.9 Å². The first-order valence-corrected chi connectivity index (χ1v) is 12.6. The summed E-state index contributed by atoms with van der Waals surface area (Å²) in [6.45, 7) is 2.24. The lowest BCUT2D eigenvalue weighted by molar-refractivity contribution is -0.143. The maximum absolute atomic E-state index is 12.6. The average molecular weight is 521 g/mol. The Morgan fingerprint density at radius 2 is 1.57 bits per heavy atom. The molecule has 7 nitrogen and oxygen atoms in total. The van der Waals surface area contributed by atoms with Gasteiger partial charge in [0.1, 0.15) is 6.04 Å². The van der Waals surface area contributed by atoms with E-state index in [9.17, 15) is 24.6 Å². The number of carboxylic acids is 2. The summed E-state index contributed by atoms with van der Waals surface area (Å²) in [5, 5.41) is 21.8. The van der Waals surface area contributed by atoms with Crippen molar-refractivity contribution < 1.29 is 24.6 Å². The zero-order chi connectivity index (χ0) is 26.4. The van der Waals surface area contributed by atoms with Crippen LogP contribution in [-0.4, -0.2) is 52.1 Å². The van der Waals surface area contributed by atoms with Crippen LogP contribution < -0.4 is 5.32 Å². The second-order valence-corrected chi connectivity index (χ2v) is 9.70. The highest BCUT2D eigenvalue weighted by atomic mass is 35.5. The van der Waals surface area contributed by atoms with Gasteiger partial charge in [-0.1, -0.05) is 72.3 Å². The van der Waals surface area contributed by atoms with Gasteiger partial charge < -0.3 is 15.5 Å². The third-order valence-electron chi connectivity index (χ3n) is 6.77. The molecule has 0 aliphatic carbocycles. The molecule has 1 heterocycles. The van der Waals surface area contributed by atoms with Crippen LogP contribution in [0.3, 0.4) is 0 Å². The molecule has 0 unspecified atom stereocenters. The van der Waals surface area contributed by atoms with E-state index in [1.54, 1.807) is 24.3 Å². The molecule has 0 aromatic heterocycles. The van der Waals surface area contributed by atoms with Crippen molar-refractivity contribution in [1.29, 1.82) is 0 Å². The number of rotatable bonds is 9. The van der Waals surface area contributed by atoms with E-state index in [4.69, 9.17) is 11.6 Å².